The number of furan rings is 1. The van der Waals surface area contributed by atoms with E-state index in [-0.39, 0.29) is 22.6 Å². The molecule has 21 heavy (non-hydrogen) atoms. The lowest BCUT2D eigenvalue weighted by molar-refractivity contribution is 0.0939. The maximum Gasteiger partial charge on any atom is 0.273 e. The minimum atomic E-state index is -3.68. The molecule has 6 nitrogen and oxygen atoms in total. The van der Waals surface area contributed by atoms with Crippen LogP contribution in [-0.4, -0.2) is 27.4 Å². The molecule has 1 atom stereocenters. The second-order valence-electron chi connectivity index (χ2n) is 4.57. The van der Waals surface area contributed by atoms with Crippen LogP contribution in [0.5, 0.6) is 0 Å². The molecule has 114 valence electrons. The summed E-state index contributed by atoms with van der Waals surface area (Å²) in [7, 11) is -2.40. The average Bonchev–Trinajstić information content (AvgIpc) is 3.09. The predicted molar refractivity (Wildman–Crippen MR) is 79.9 cm³/mol. The first kappa shape index (κ1) is 15.7. The summed E-state index contributed by atoms with van der Waals surface area (Å²) in [6.07, 6.45) is 1.85. The van der Waals surface area contributed by atoms with Crippen LogP contribution >= 0.6 is 11.3 Å². The summed E-state index contributed by atoms with van der Waals surface area (Å²) in [5.74, 6) is -0.362. The summed E-state index contributed by atoms with van der Waals surface area (Å²) in [6.45, 7) is 1.89. The number of nitrogens with one attached hydrogen (secondary N) is 2. The van der Waals surface area contributed by atoms with Crippen molar-refractivity contribution in [2.75, 3.05) is 7.05 Å². The molecule has 0 aliphatic carbocycles. The van der Waals surface area contributed by atoms with Crippen molar-refractivity contribution in [1.29, 1.82) is 0 Å². The fraction of sp³-hybridized carbons (Fsp3) is 0.308. The molecule has 1 amide bonds. The number of amides is 1. The Morgan fingerprint density at radius 3 is 2.86 bits per heavy atom. The molecule has 0 aliphatic rings. The largest absolute Gasteiger partial charge is 0.451 e. The van der Waals surface area contributed by atoms with Crippen LogP contribution in [0.25, 0.3) is 0 Å². The molecule has 2 aromatic heterocycles. The Morgan fingerprint density at radius 2 is 2.24 bits per heavy atom. The minimum Gasteiger partial charge on any atom is -0.451 e. The minimum absolute atomic E-state index is 0.0636. The summed E-state index contributed by atoms with van der Waals surface area (Å²) in [4.78, 5) is 12.0. The molecular formula is C13H16N2O4S2. The monoisotopic (exact) mass is 328 g/mol. The highest BCUT2D eigenvalue weighted by Crippen LogP contribution is 2.14. The Kier molecular flexibility index (Phi) is 4.81. The van der Waals surface area contributed by atoms with E-state index < -0.39 is 10.0 Å². The van der Waals surface area contributed by atoms with Gasteiger partial charge in [0, 0.05) is 12.1 Å². The van der Waals surface area contributed by atoms with Crippen LogP contribution in [0.4, 0.5) is 0 Å². The summed E-state index contributed by atoms with van der Waals surface area (Å²) in [6, 6.07) is 3.15. The summed E-state index contributed by atoms with van der Waals surface area (Å²) >= 11 is 1.60. The number of hydrogen-bond donors (Lipinski definition) is 2. The van der Waals surface area contributed by atoms with Gasteiger partial charge in [0.2, 0.25) is 5.09 Å². The van der Waals surface area contributed by atoms with Crippen molar-refractivity contribution in [3.05, 3.63) is 40.3 Å². The average molecular weight is 328 g/mol. The summed E-state index contributed by atoms with van der Waals surface area (Å²) in [5, 5.41) is 6.54. The fourth-order valence-corrected chi connectivity index (χ4v) is 3.14. The van der Waals surface area contributed by atoms with E-state index in [1.807, 2.05) is 23.8 Å². The molecule has 0 aromatic carbocycles. The Hall–Kier alpha value is -1.64. The van der Waals surface area contributed by atoms with Crippen molar-refractivity contribution in [1.82, 2.24) is 10.0 Å². The molecule has 0 fully saturated rings. The Morgan fingerprint density at radius 1 is 1.48 bits per heavy atom. The van der Waals surface area contributed by atoms with Crippen LogP contribution in [0, 0.1) is 0 Å². The molecule has 2 heterocycles. The molecule has 2 N–H and O–H groups in total. The van der Waals surface area contributed by atoms with E-state index in [1.54, 1.807) is 11.3 Å². The van der Waals surface area contributed by atoms with E-state index in [9.17, 15) is 13.2 Å². The van der Waals surface area contributed by atoms with Gasteiger partial charge in [0.15, 0.2) is 0 Å². The number of carbonyl (C=O) groups excluding carboxylic acids is 1. The van der Waals surface area contributed by atoms with Crippen molar-refractivity contribution >= 4 is 27.3 Å². The first-order valence-corrected chi connectivity index (χ1v) is 8.69. The van der Waals surface area contributed by atoms with Crippen LogP contribution in [0.15, 0.2) is 38.7 Å². The third-order valence-electron chi connectivity index (χ3n) is 2.87. The first-order chi connectivity index (χ1) is 9.92. The van der Waals surface area contributed by atoms with Gasteiger partial charge in [-0.1, -0.05) is 0 Å². The van der Waals surface area contributed by atoms with E-state index in [4.69, 9.17) is 4.42 Å². The van der Waals surface area contributed by atoms with Gasteiger partial charge in [-0.3, -0.25) is 4.79 Å². The van der Waals surface area contributed by atoms with Crippen LogP contribution < -0.4 is 10.0 Å². The number of thiophene rings is 1. The molecule has 0 spiro atoms. The van der Waals surface area contributed by atoms with Gasteiger partial charge in [-0.25, -0.2) is 13.1 Å². The van der Waals surface area contributed by atoms with Gasteiger partial charge in [-0.05, 0) is 42.8 Å². The van der Waals surface area contributed by atoms with Gasteiger partial charge >= 0.3 is 0 Å². The van der Waals surface area contributed by atoms with Gasteiger partial charge in [0.25, 0.3) is 15.9 Å². The Balaban J connectivity index is 2.00. The Labute approximate surface area is 127 Å². The van der Waals surface area contributed by atoms with Crippen molar-refractivity contribution in [3.8, 4) is 0 Å². The molecule has 1 unspecified atom stereocenters. The van der Waals surface area contributed by atoms with Gasteiger partial charge in [0.1, 0.15) is 6.26 Å². The molecular weight excluding hydrogens is 312 g/mol. The van der Waals surface area contributed by atoms with Gasteiger partial charge in [-0.2, -0.15) is 11.3 Å². The van der Waals surface area contributed by atoms with Crippen molar-refractivity contribution in [2.24, 2.45) is 0 Å². The zero-order chi connectivity index (χ0) is 15.5. The topological polar surface area (TPSA) is 88.4 Å². The standard InChI is InChI=1S/C13H16N2O4S2/c1-9(5-10-3-4-20-8-10)15-13(16)11-6-12(19-7-11)21(17,18)14-2/h3-4,6-9,14H,5H2,1-2H3,(H,15,16). The highest BCUT2D eigenvalue weighted by atomic mass is 32.2. The lowest BCUT2D eigenvalue weighted by atomic mass is 10.1. The van der Waals surface area contributed by atoms with Gasteiger partial charge < -0.3 is 9.73 Å². The third-order valence-corrected chi connectivity index (χ3v) is 4.88. The molecule has 8 heteroatoms. The zero-order valence-corrected chi connectivity index (χ0v) is 13.3. The highest BCUT2D eigenvalue weighted by Gasteiger charge is 2.20. The zero-order valence-electron chi connectivity index (χ0n) is 11.6. The maximum absolute atomic E-state index is 12.0. The molecule has 2 rings (SSSR count). The Bertz CT molecular complexity index is 704. The molecule has 0 aliphatic heterocycles. The quantitative estimate of drug-likeness (QED) is 0.843. The summed E-state index contributed by atoms with van der Waals surface area (Å²) in [5.41, 5.74) is 1.33. The predicted octanol–water partition coefficient (Wildman–Crippen LogP) is 1.61. The maximum atomic E-state index is 12.0. The number of rotatable bonds is 6. The van der Waals surface area contributed by atoms with Crippen molar-refractivity contribution in [2.45, 2.75) is 24.5 Å². The fourth-order valence-electron chi connectivity index (χ4n) is 1.80. The molecule has 0 radical (unpaired) electrons. The highest BCUT2D eigenvalue weighted by molar-refractivity contribution is 7.89. The number of sulfonamides is 1. The van der Waals surface area contributed by atoms with Crippen LogP contribution in [0.2, 0.25) is 0 Å². The van der Waals surface area contributed by atoms with E-state index in [0.29, 0.717) is 0 Å². The third kappa shape index (κ3) is 3.93. The van der Waals surface area contributed by atoms with E-state index in [1.165, 1.54) is 13.1 Å². The molecule has 2 aromatic rings. The van der Waals surface area contributed by atoms with E-state index in [0.717, 1.165) is 18.2 Å². The van der Waals surface area contributed by atoms with Gasteiger partial charge in [-0.15, -0.1) is 0 Å². The second-order valence-corrected chi connectivity index (χ2v) is 7.17. The first-order valence-electron chi connectivity index (χ1n) is 6.26. The molecule has 0 bridgehead atoms. The van der Waals surface area contributed by atoms with Crippen molar-refractivity contribution in [3.63, 3.8) is 0 Å². The lowest BCUT2D eigenvalue weighted by Gasteiger charge is -2.12. The SMILES string of the molecule is CNS(=O)(=O)c1cc(C(=O)NC(C)Cc2ccsc2)co1. The summed E-state index contributed by atoms with van der Waals surface area (Å²) < 4.78 is 30.1. The normalized spacial score (nSPS) is 13.0. The lowest BCUT2D eigenvalue weighted by Crippen LogP contribution is -2.33. The van der Waals surface area contributed by atoms with Crippen LogP contribution in [0.1, 0.15) is 22.8 Å². The molecule has 0 saturated carbocycles. The van der Waals surface area contributed by atoms with E-state index in [2.05, 4.69) is 10.0 Å². The van der Waals surface area contributed by atoms with Gasteiger partial charge in [0.05, 0.1) is 5.56 Å². The number of carbonyl (C=O) groups is 1. The van der Waals surface area contributed by atoms with Crippen LogP contribution in [-0.2, 0) is 16.4 Å². The second kappa shape index (κ2) is 6.42. The van der Waals surface area contributed by atoms with E-state index >= 15 is 0 Å². The molecule has 0 saturated heterocycles. The smallest absolute Gasteiger partial charge is 0.273 e. The van der Waals surface area contributed by atoms with Crippen molar-refractivity contribution < 1.29 is 17.6 Å². The van der Waals surface area contributed by atoms with Crippen LogP contribution in [0.3, 0.4) is 0 Å². The number of hydrogen-bond acceptors (Lipinski definition) is 5.